The molecule has 0 unspecified atom stereocenters. The van der Waals surface area contributed by atoms with Crippen LogP contribution in [-0.4, -0.2) is 11.1 Å². The average molecular weight is 153 g/mol. The van der Waals surface area contributed by atoms with Crippen LogP contribution in [0.5, 0.6) is 0 Å². The third-order valence-corrected chi connectivity index (χ3v) is 0.544. The summed E-state index contributed by atoms with van der Waals surface area (Å²) < 4.78 is 0. The Bertz CT molecular complexity index is 177. The Morgan fingerprint density at radius 1 is 1.82 bits per heavy atom. The molecule has 0 spiro atoms. The van der Waals surface area contributed by atoms with E-state index >= 15 is 0 Å². The van der Waals surface area contributed by atoms with E-state index in [1.165, 1.54) is 6.08 Å². The molecule has 11 heavy (non-hydrogen) atoms. The number of hydrogen-bond donors (Lipinski definition) is 1. The predicted octanol–water partition coefficient (Wildman–Crippen LogP) is 1.73. The summed E-state index contributed by atoms with van der Waals surface area (Å²) in [5.41, 5.74) is 0.688. The minimum atomic E-state index is -0.812. The number of carboxylic acid groups (broad SMARTS) is 1. The van der Waals surface area contributed by atoms with Crippen molar-refractivity contribution in [1.29, 1.82) is 5.26 Å². The minimum Gasteiger partial charge on any atom is -0.481 e. The zero-order chi connectivity index (χ0) is 9.28. The van der Waals surface area contributed by atoms with E-state index in [1.807, 2.05) is 0 Å². The first-order valence-electron chi connectivity index (χ1n) is 2.91. The van der Waals surface area contributed by atoms with Gasteiger partial charge in [0.2, 0.25) is 0 Å². The molecular formula is C8H11NO2. The van der Waals surface area contributed by atoms with Gasteiger partial charge in [-0.2, -0.15) is 5.26 Å². The third kappa shape index (κ3) is 29.6. The van der Waals surface area contributed by atoms with Gasteiger partial charge in [-0.05, 0) is 6.92 Å². The predicted molar refractivity (Wildman–Crippen MR) is 42.9 cm³/mol. The molecule has 60 valence electrons. The minimum absolute atomic E-state index is 0.0833. The smallest absolute Gasteiger partial charge is 0.307 e. The summed E-state index contributed by atoms with van der Waals surface area (Å²) in [6, 6.07) is 1.69. The molecule has 1 N–H and O–H groups in total. The summed E-state index contributed by atoms with van der Waals surface area (Å²) in [5.74, 6) is -0.812. The van der Waals surface area contributed by atoms with Crippen LogP contribution < -0.4 is 0 Å². The fraction of sp³-hybridized carbons (Fsp3) is 0.250. The molecule has 3 nitrogen and oxygen atoms in total. The second-order valence-corrected chi connectivity index (χ2v) is 1.86. The lowest BCUT2D eigenvalue weighted by Gasteiger charge is -1.86. The van der Waals surface area contributed by atoms with Gasteiger partial charge in [0, 0.05) is 6.08 Å². The molecule has 0 aliphatic heterocycles. The van der Waals surface area contributed by atoms with Crippen molar-refractivity contribution in [2.24, 2.45) is 0 Å². The number of nitrogens with zero attached hydrogens (tertiary/aromatic N) is 1. The second-order valence-electron chi connectivity index (χ2n) is 1.86. The quantitative estimate of drug-likeness (QED) is 0.485. The van der Waals surface area contributed by atoms with Crippen molar-refractivity contribution >= 4 is 5.97 Å². The molecule has 0 aliphatic carbocycles. The van der Waals surface area contributed by atoms with Gasteiger partial charge in [-0.15, -0.1) is 0 Å². The molecule has 0 radical (unpaired) electrons. The van der Waals surface area contributed by atoms with Crippen molar-refractivity contribution in [3.05, 3.63) is 24.8 Å². The molecule has 0 saturated heterocycles. The first-order valence-corrected chi connectivity index (χ1v) is 2.91. The fourth-order valence-electron chi connectivity index (χ4n) is 0.258. The van der Waals surface area contributed by atoms with Crippen molar-refractivity contribution < 1.29 is 9.90 Å². The monoisotopic (exact) mass is 153 g/mol. The Kier molecular flexibility index (Phi) is 9.32. The van der Waals surface area contributed by atoms with Crippen LogP contribution in [0.3, 0.4) is 0 Å². The van der Waals surface area contributed by atoms with E-state index in [1.54, 1.807) is 13.0 Å². The number of hydrogen-bond acceptors (Lipinski definition) is 2. The molecule has 0 bridgehead atoms. The van der Waals surface area contributed by atoms with Crippen LogP contribution in [0, 0.1) is 11.3 Å². The zero-order valence-electron chi connectivity index (χ0n) is 6.50. The van der Waals surface area contributed by atoms with Crippen LogP contribution in [0.4, 0.5) is 0 Å². The van der Waals surface area contributed by atoms with Crippen LogP contribution in [-0.2, 0) is 4.79 Å². The van der Waals surface area contributed by atoms with E-state index in [4.69, 9.17) is 10.4 Å². The molecule has 0 aromatic carbocycles. The van der Waals surface area contributed by atoms with Crippen LogP contribution in [0.15, 0.2) is 24.8 Å². The number of carbonyl (C=O) groups is 1. The summed E-state index contributed by atoms with van der Waals surface area (Å²) in [6.45, 7) is 8.22. The maximum absolute atomic E-state index is 9.75. The van der Waals surface area contributed by atoms with Gasteiger partial charge in [-0.25, -0.2) is 0 Å². The Morgan fingerprint density at radius 2 is 2.18 bits per heavy atom. The summed E-state index contributed by atoms with van der Waals surface area (Å²) in [5, 5.41) is 15.5. The van der Waals surface area contributed by atoms with E-state index in [0.29, 0.717) is 5.57 Å². The summed E-state index contributed by atoms with van der Waals surface area (Å²) in [6.07, 6.45) is 1.26. The number of carboxylic acids is 1. The van der Waals surface area contributed by atoms with E-state index in [9.17, 15) is 4.79 Å². The molecule has 0 fully saturated rings. The SMILES string of the molecule is C=C(C)CC(=O)O.C=CC#N. The number of nitriles is 1. The molecular weight excluding hydrogens is 142 g/mol. The lowest BCUT2D eigenvalue weighted by atomic mass is 10.2. The van der Waals surface area contributed by atoms with Crippen molar-refractivity contribution in [3.63, 3.8) is 0 Å². The fourth-order valence-corrected chi connectivity index (χ4v) is 0.258. The molecule has 0 atom stereocenters. The third-order valence-electron chi connectivity index (χ3n) is 0.544. The summed E-state index contributed by atoms with van der Waals surface area (Å²) in [7, 11) is 0. The Balaban J connectivity index is 0. The van der Waals surface area contributed by atoms with Gasteiger partial charge in [0.05, 0.1) is 12.5 Å². The maximum atomic E-state index is 9.75. The molecule has 0 aromatic rings. The Hall–Kier alpha value is -1.56. The topological polar surface area (TPSA) is 61.1 Å². The molecule has 0 saturated carbocycles. The number of rotatable bonds is 2. The highest BCUT2D eigenvalue weighted by molar-refractivity contribution is 5.69. The van der Waals surface area contributed by atoms with Crippen LogP contribution >= 0.6 is 0 Å². The van der Waals surface area contributed by atoms with Crippen LogP contribution in [0.25, 0.3) is 0 Å². The second kappa shape index (κ2) is 8.44. The first-order chi connectivity index (χ1) is 5.04. The highest BCUT2D eigenvalue weighted by atomic mass is 16.4. The summed E-state index contributed by atoms with van der Waals surface area (Å²) >= 11 is 0. The average Bonchev–Trinajstić information content (AvgIpc) is 1.85. The highest BCUT2D eigenvalue weighted by Gasteiger charge is 1.92. The zero-order valence-corrected chi connectivity index (χ0v) is 6.50. The van der Waals surface area contributed by atoms with E-state index in [0.717, 1.165) is 0 Å². The van der Waals surface area contributed by atoms with Gasteiger partial charge in [-0.3, -0.25) is 4.79 Å². The van der Waals surface area contributed by atoms with E-state index < -0.39 is 5.97 Å². The molecule has 0 rings (SSSR count). The summed E-state index contributed by atoms with van der Waals surface area (Å²) in [4.78, 5) is 9.75. The number of allylic oxidation sites excluding steroid dienone is 1. The van der Waals surface area contributed by atoms with Crippen LogP contribution in [0.1, 0.15) is 13.3 Å². The molecule has 0 amide bonds. The van der Waals surface area contributed by atoms with Gasteiger partial charge < -0.3 is 5.11 Å². The Morgan fingerprint density at radius 3 is 2.18 bits per heavy atom. The standard InChI is InChI=1S/C5H8O2.C3H3N/c1-4(2)3-5(6)7;1-2-3-4/h1,3H2,2H3,(H,6,7);2H,1H2. The molecule has 0 aliphatic rings. The van der Waals surface area contributed by atoms with E-state index in [2.05, 4.69) is 13.2 Å². The molecule has 0 heterocycles. The molecule has 0 aromatic heterocycles. The largest absolute Gasteiger partial charge is 0.481 e. The number of aliphatic carboxylic acids is 1. The first kappa shape index (κ1) is 12.1. The Labute approximate surface area is 66.3 Å². The van der Waals surface area contributed by atoms with Gasteiger partial charge in [0.1, 0.15) is 0 Å². The van der Waals surface area contributed by atoms with Crippen molar-refractivity contribution in [2.45, 2.75) is 13.3 Å². The lowest BCUT2D eigenvalue weighted by molar-refractivity contribution is -0.136. The van der Waals surface area contributed by atoms with Gasteiger partial charge in [-0.1, -0.05) is 18.7 Å². The van der Waals surface area contributed by atoms with Gasteiger partial charge in [0.25, 0.3) is 0 Å². The van der Waals surface area contributed by atoms with Crippen LogP contribution in [0.2, 0.25) is 0 Å². The van der Waals surface area contributed by atoms with E-state index in [-0.39, 0.29) is 6.42 Å². The van der Waals surface area contributed by atoms with Crippen molar-refractivity contribution in [1.82, 2.24) is 0 Å². The highest BCUT2D eigenvalue weighted by Crippen LogP contribution is 1.92. The normalized spacial score (nSPS) is 6.55. The van der Waals surface area contributed by atoms with Crippen molar-refractivity contribution in [3.8, 4) is 6.07 Å². The van der Waals surface area contributed by atoms with Gasteiger partial charge in [0.15, 0.2) is 0 Å². The maximum Gasteiger partial charge on any atom is 0.307 e. The molecule has 3 heteroatoms. The lowest BCUT2D eigenvalue weighted by Crippen LogP contribution is -1.92. The van der Waals surface area contributed by atoms with Crippen molar-refractivity contribution in [2.75, 3.05) is 0 Å². The van der Waals surface area contributed by atoms with Gasteiger partial charge >= 0.3 is 5.97 Å².